The summed E-state index contributed by atoms with van der Waals surface area (Å²) in [6.07, 6.45) is 7.10. The molecule has 0 aliphatic carbocycles. The SMILES string of the molecule is C#CCC[C@H](C[C@H](OCc1ccccc1)[C@H](C)N=[N+]=[N-])OCc1ccccc1. The van der Waals surface area contributed by atoms with Crippen molar-refractivity contribution in [3.8, 4) is 12.3 Å². The highest BCUT2D eigenvalue weighted by molar-refractivity contribution is 5.14. The molecule has 0 amide bonds. The summed E-state index contributed by atoms with van der Waals surface area (Å²) in [7, 11) is 0. The van der Waals surface area contributed by atoms with Crippen LogP contribution in [-0.4, -0.2) is 18.2 Å². The van der Waals surface area contributed by atoms with E-state index in [0.717, 1.165) is 17.5 Å². The first-order valence-corrected chi connectivity index (χ1v) is 9.51. The number of benzene rings is 2. The summed E-state index contributed by atoms with van der Waals surface area (Å²) >= 11 is 0. The minimum absolute atomic E-state index is 0.0756. The molecular weight excluding hydrogens is 350 g/mol. The van der Waals surface area contributed by atoms with Crippen molar-refractivity contribution >= 4 is 0 Å². The zero-order valence-corrected chi connectivity index (χ0v) is 16.3. The standard InChI is InChI=1S/C23H27N3O2/c1-3-4-15-22(27-17-20-11-7-5-8-12-20)16-23(19(2)25-26-24)28-18-21-13-9-6-10-14-21/h1,5-14,19,22-23H,4,15-18H2,2H3/t19-,22+,23-/m0/s1. The molecule has 0 N–H and O–H groups in total. The number of terminal acetylenes is 1. The van der Waals surface area contributed by atoms with E-state index in [-0.39, 0.29) is 18.2 Å². The lowest BCUT2D eigenvalue weighted by molar-refractivity contribution is -0.0386. The highest BCUT2D eigenvalue weighted by Crippen LogP contribution is 2.19. The van der Waals surface area contributed by atoms with Crippen LogP contribution in [0.2, 0.25) is 0 Å². The largest absolute Gasteiger partial charge is 0.373 e. The van der Waals surface area contributed by atoms with Crippen molar-refractivity contribution in [2.75, 3.05) is 0 Å². The van der Waals surface area contributed by atoms with Crippen molar-refractivity contribution in [1.82, 2.24) is 0 Å². The smallest absolute Gasteiger partial charge is 0.0720 e. The second-order valence-electron chi connectivity index (χ2n) is 6.68. The van der Waals surface area contributed by atoms with Gasteiger partial charge in [-0.1, -0.05) is 72.7 Å². The Labute approximate surface area is 167 Å². The van der Waals surface area contributed by atoms with Gasteiger partial charge in [-0.05, 0) is 23.1 Å². The normalized spacial score (nSPS) is 13.7. The van der Waals surface area contributed by atoms with Crippen molar-refractivity contribution in [2.45, 2.75) is 57.6 Å². The average molecular weight is 377 g/mol. The summed E-state index contributed by atoms with van der Waals surface area (Å²) < 4.78 is 12.2. The van der Waals surface area contributed by atoms with E-state index < -0.39 is 0 Å². The molecule has 28 heavy (non-hydrogen) atoms. The highest BCUT2D eigenvalue weighted by Gasteiger charge is 2.23. The van der Waals surface area contributed by atoms with Crippen LogP contribution in [0.15, 0.2) is 65.8 Å². The molecule has 5 nitrogen and oxygen atoms in total. The Balaban J connectivity index is 2.02. The quantitative estimate of drug-likeness (QED) is 0.207. The maximum Gasteiger partial charge on any atom is 0.0720 e. The Morgan fingerprint density at radius 1 is 1.00 bits per heavy atom. The van der Waals surface area contributed by atoms with Gasteiger partial charge in [-0.25, -0.2) is 0 Å². The summed E-state index contributed by atoms with van der Waals surface area (Å²) in [5.74, 6) is 2.68. The lowest BCUT2D eigenvalue weighted by Gasteiger charge is -2.26. The van der Waals surface area contributed by atoms with Gasteiger partial charge in [-0.3, -0.25) is 0 Å². The molecule has 2 aromatic rings. The van der Waals surface area contributed by atoms with Crippen LogP contribution in [0.4, 0.5) is 0 Å². The van der Waals surface area contributed by atoms with E-state index in [2.05, 4.69) is 15.9 Å². The summed E-state index contributed by atoms with van der Waals surface area (Å²) in [5.41, 5.74) is 11.0. The van der Waals surface area contributed by atoms with E-state index in [9.17, 15) is 0 Å². The fourth-order valence-corrected chi connectivity index (χ4v) is 2.90. The molecule has 2 aromatic carbocycles. The molecule has 0 spiro atoms. The van der Waals surface area contributed by atoms with Crippen LogP contribution in [0.3, 0.4) is 0 Å². The van der Waals surface area contributed by atoms with E-state index >= 15 is 0 Å². The van der Waals surface area contributed by atoms with Gasteiger partial charge in [0.1, 0.15) is 0 Å². The fourth-order valence-electron chi connectivity index (χ4n) is 2.90. The Morgan fingerprint density at radius 2 is 1.57 bits per heavy atom. The van der Waals surface area contributed by atoms with Crippen LogP contribution >= 0.6 is 0 Å². The van der Waals surface area contributed by atoms with Gasteiger partial charge in [0.25, 0.3) is 0 Å². The molecule has 146 valence electrons. The van der Waals surface area contributed by atoms with Gasteiger partial charge in [0, 0.05) is 17.8 Å². The number of rotatable bonds is 12. The summed E-state index contributed by atoms with van der Waals surface area (Å²) in [6, 6.07) is 19.7. The monoisotopic (exact) mass is 377 g/mol. The summed E-state index contributed by atoms with van der Waals surface area (Å²) in [4.78, 5) is 2.95. The lowest BCUT2D eigenvalue weighted by atomic mass is 10.0. The van der Waals surface area contributed by atoms with Crippen molar-refractivity contribution in [3.63, 3.8) is 0 Å². The Hall–Kier alpha value is -2.77. The Morgan fingerprint density at radius 3 is 2.11 bits per heavy atom. The average Bonchev–Trinajstić information content (AvgIpc) is 2.74. The number of ether oxygens (including phenoxy) is 2. The molecule has 0 aromatic heterocycles. The molecular formula is C23H27N3O2. The maximum absolute atomic E-state index is 8.84. The summed E-state index contributed by atoms with van der Waals surface area (Å²) in [5, 5.41) is 3.85. The molecule has 0 unspecified atom stereocenters. The zero-order chi connectivity index (χ0) is 20.0. The second-order valence-corrected chi connectivity index (χ2v) is 6.68. The highest BCUT2D eigenvalue weighted by atomic mass is 16.5. The molecule has 0 fully saturated rings. The van der Waals surface area contributed by atoms with Gasteiger partial charge in [-0.15, -0.1) is 12.3 Å². The van der Waals surface area contributed by atoms with Gasteiger partial charge < -0.3 is 9.47 Å². The van der Waals surface area contributed by atoms with Crippen LogP contribution in [-0.2, 0) is 22.7 Å². The molecule has 0 saturated carbocycles. The molecule has 0 aliphatic heterocycles. The Bertz CT molecular complexity index is 767. The third kappa shape index (κ3) is 7.85. The van der Waals surface area contributed by atoms with Crippen molar-refractivity contribution in [2.24, 2.45) is 5.11 Å². The van der Waals surface area contributed by atoms with Gasteiger partial charge >= 0.3 is 0 Å². The van der Waals surface area contributed by atoms with E-state index in [1.54, 1.807) is 0 Å². The van der Waals surface area contributed by atoms with E-state index in [4.69, 9.17) is 21.4 Å². The van der Waals surface area contributed by atoms with E-state index in [0.29, 0.717) is 26.1 Å². The predicted octanol–water partition coefficient (Wildman–Crippen LogP) is 5.66. The molecule has 2 rings (SSSR count). The van der Waals surface area contributed by atoms with Gasteiger partial charge in [0.05, 0.1) is 31.5 Å². The number of azide groups is 1. The van der Waals surface area contributed by atoms with E-state index in [1.165, 1.54) is 0 Å². The first kappa shape index (κ1) is 21.5. The van der Waals surface area contributed by atoms with Crippen LogP contribution in [0.5, 0.6) is 0 Å². The minimum Gasteiger partial charge on any atom is -0.373 e. The van der Waals surface area contributed by atoms with Gasteiger partial charge in [0.15, 0.2) is 0 Å². The molecule has 0 radical (unpaired) electrons. The van der Waals surface area contributed by atoms with Crippen LogP contribution < -0.4 is 0 Å². The van der Waals surface area contributed by atoms with Crippen LogP contribution in [0.1, 0.15) is 37.3 Å². The molecule has 0 bridgehead atoms. The molecule has 0 heterocycles. The zero-order valence-electron chi connectivity index (χ0n) is 16.3. The number of hydrogen-bond donors (Lipinski definition) is 0. The summed E-state index contributed by atoms with van der Waals surface area (Å²) in [6.45, 7) is 2.83. The van der Waals surface area contributed by atoms with Crippen LogP contribution in [0, 0.1) is 12.3 Å². The third-order valence-electron chi connectivity index (χ3n) is 4.51. The lowest BCUT2D eigenvalue weighted by Crippen LogP contribution is -2.31. The number of nitrogens with zero attached hydrogens (tertiary/aromatic N) is 3. The Kier molecular flexibility index (Phi) is 9.68. The van der Waals surface area contributed by atoms with Gasteiger partial charge in [0.2, 0.25) is 0 Å². The van der Waals surface area contributed by atoms with Gasteiger partial charge in [-0.2, -0.15) is 0 Å². The third-order valence-corrected chi connectivity index (χ3v) is 4.51. The maximum atomic E-state index is 8.84. The number of hydrogen-bond acceptors (Lipinski definition) is 3. The minimum atomic E-state index is -0.303. The van der Waals surface area contributed by atoms with Crippen molar-refractivity contribution < 1.29 is 9.47 Å². The first-order chi connectivity index (χ1) is 13.7. The fraction of sp³-hybridized carbons (Fsp3) is 0.391. The molecule has 3 atom stereocenters. The predicted molar refractivity (Wildman–Crippen MR) is 111 cm³/mol. The molecule has 5 heteroatoms. The van der Waals surface area contributed by atoms with E-state index in [1.807, 2.05) is 67.6 Å². The van der Waals surface area contributed by atoms with Crippen LogP contribution in [0.25, 0.3) is 10.4 Å². The van der Waals surface area contributed by atoms with Crippen molar-refractivity contribution in [1.29, 1.82) is 0 Å². The van der Waals surface area contributed by atoms with Crippen molar-refractivity contribution in [3.05, 3.63) is 82.2 Å². The molecule has 0 aliphatic rings. The first-order valence-electron chi connectivity index (χ1n) is 9.51. The molecule has 0 saturated heterocycles. The topological polar surface area (TPSA) is 67.2 Å². The second kappa shape index (κ2) is 12.6.